The van der Waals surface area contributed by atoms with E-state index in [-0.39, 0.29) is 16.8 Å². The van der Waals surface area contributed by atoms with Crippen molar-refractivity contribution in [1.82, 2.24) is 10.6 Å². The van der Waals surface area contributed by atoms with E-state index in [1.54, 1.807) is 48.5 Å². The Hall–Kier alpha value is -3.07. The molecule has 0 bridgehead atoms. The molecule has 4 N–H and O–H groups in total. The Balaban J connectivity index is 1.35. The Morgan fingerprint density at radius 2 is 1.36 bits per heavy atom. The van der Waals surface area contributed by atoms with E-state index in [9.17, 15) is 18.0 Å². The summed E-state index contributed by atoms with van der Waals surface area (Å²) in [5.41, 5.74) is 1.87. The molecule has 0 spiro atoms. The van der Waals surface area contributed by atoms with Crippen LogP contribution in [0.3, 0.4) is 0 Å². The molecule has 2 saturated carbocycles. The van der Waals surface area contributed by atoms with E-state index in [0.29, 0.717) is 23.7 Å². The van der Waals surface area contributed by atoms with Crippen LogP contribution in [-0.4, -0.2) is 32.4 Å². The van der Waals surface area contributed by atoms with Crippen LogP contribution in [0.25, 0.3) is 0 Å². The topological polar surface area (TPSA) is 116 Å². The lowest BCUT2D eigenvalue weighted by molar-refractivity contribution is -0.124. The fourth-order valence-corrected chi connectivity index (χ4v) is 6.65. The molecular weight excluding hydrogens is 512 g/mol. The second-order valence-electron chi connectivity index (χ2n) is 11.1. The molecule has 2 aromatic rings. The predicted octanol–water partition coefficient (Wildman–Crippen LogP) is 6.10. The number of hydrogen-bond donors (Lipinski definition) is 4. The highest BCUT2D eigenvalue weighted by molar-refractivity contribution is 7.92. The molecule has 0 unspecified atom stereocenters. The van der Waals surface area contributed by atoms with Gasteiger partial charge in [-0.05, 0) is 68.5 Å². The quantitative estimate of drug-likeness (QED) is 0.280. The van der Waals surface area contributed by atoms with Crippen LogP contribution >= 0.6 is 0 Å². The number of carbonyl (C=O) groups is 2. The van der Waals surface area contributed by atoms with Gasteiger partial charge in [0.1, 0.15) is 6.04 Å². The first-order valence-corrected chi connectivity index (χ1v) is 15.8. The smallest absolute Gasteiger partial charge is 0.319 e. The minimum atomic E-state index is -3.71. The average Bonchev–Trinajstić information content (AvgIpc) is 3.19. The van der Waals surface area contributed by atoms with E-state index < -0.39 is 22.1 Å². The van der Waals surface area contributed by atoms with Crippen molar-refractivity contribution in [2.24, 2.45) is 5.92 Å². The van der Waals surface area contributed by atoms with Crippen LogP contribution < -0.4 is 20.7 Å². The largest absolute Gasteiger partial charge is 0.352 e. The molecule has 2 fully saturated rings. The molecule has 4 rings (SSSR count). The zero-order valence-corrected chi connectivity index (χ0v) is 23.7. The van der Waals surface area contributed by atoms with Gasteiger partial charge in [0, 0.05) is 17.4 Å². The van der Waals surface area contributed by atoms with Crippen molar-refractivity contribution in [2.75, 3.05) is 10.0 Å². The second kappa shape index (κ2) is 13.8. The van der Waals surface area contributed by atoms with Gasteiger partial charge in [-0.25, -0.2) is 13.2 Å². The molecule has 2 aliphatic carbocycles. The summed E-state index contributed by atoms with van der Waals surface area (Å²) in [6.07, 6.45) is 13.1. The Bertz CT molecular complexity index is 1180. The highest BCUT2D eigenvalue weighted by Crippen LogP contribution is 2.28. The number of anilines is 2. The van der Waals surface area contributed by atoms with Gasteiger partial charge in [-0.3, -0.25) is 9.52 Å². The molecule has 9 heteroatoms. The van der Waals surface area contributed by atoms with Gasteiger partial charge in [-0.1, -0.05) is 75.5 Å². The van der Waals surface area contributed by atoms with Gasteiger partial charge < -0.3 is 16.0 Å². The number of sulfonamides is 1. The summed E-state index contributed by atoms with van der Waals surface area (Å²) in [5.74, 6) is 0.341. The van der Waals surface area contributed by atoms with E-state index in [1.807, 2.05) is 6.92 Å². The second-order valence-corrected chi connectivity index (χ2v) is 12.8. The van der Waals surface area contributed by atoms with Crippen LogP contribution in [-0.2, 0) is 14.8 Å². The van der Waals surface area contributed by atoms with Crippen LogP contribution in [0.1, 0.15) is 82.6 Å². The number of amides is 3. The molecule has 39 heavy (non-hydrogen) atoms. The van der Waals surface area contributed by atoms with Crippen LogP contribution in [0.4, 0.5) is 16.2 Å². The summed E-state index contributed by atoms with van der Waals surface area (Å²) in [4.78, 5) is 26.4. The maximum Gasteiger partial charge on any atom is 0.319 e. The van der Waals surface area contributed by atoms with Crippen LogP contribution in [0, 0.1) is 12.8 Å². The predicted molar refractivity (Wildman–Crippen MR) is 155 cm³/mol. The third-order valence-corrected chi connectivity index (χ3v) is 9.24. The Kier molecular flexibility index (Phi) is 10.3. The molecule has 1 atom stereocenters. The van der Waals surface area contributed by atoms with Crippen LogP contribution in [0.5, 0.6) is 0 Å². The number of hydrogen-bond acceptors (Lipinski definition) is 4. The van der Waals surface area contributed by atoms with Crippen molar-refractivity contribution < 1.29 is 18.0 Å². The zero-order chi connectivity index (χ0) is 27.7. The standard InChI is InChI=1S/C30H42N4O4S/c1-22-13-19-27(20-14-22)39(37,38)34-26-17-15-25(16-18-26)32-30(36)33-28(21-23-9-5-4-6-10-23)29(35)31-24-11-7-2-3-8-12-24/h13-20,23-24,28,34H,2-12,21H2,1H3,(H,31,35)(H2,32,33,36)/t28-/m1/s1. The van der Waals surface area contributed by atoms with Crippen molar-refractivity contribution >= 4 is 33.3 Å². The minimum absolute atomic E-state index is 0.0940. The molecule has 0 aliphatic heterocycles. The van der Waals surface area contributed by atoms with Gasteiger partial charge in [-0.15, -0.1) is 0 Å². The van der Waals surface area contributed by atoms with Gasteiger partial charge in [0.25, 0.3) is 10.0 Å². The van der Waals surface area contributed by atoms with Crippen molar-refractivity contribution in [3.63, 3.8) is 0 Å². The van der Waals surface area contributed by atoms with Crippen molar-refractivity contribution in [3.8, 4) is 0 Å². The van der Waals surface area contributed by atoms with Gasteiger partial charge >= 0.3 is 6.03 Å². The maximum atomic E-state index is 13.3. The molecule has 2 aliphatic rings. The first-order chi connectivity index (χ1) is 18.8. The highest BCUT2D eigenvalue weighted by Gasteiger charge is 2.28. The molecule has 8 nitrogen and oxygen atoms in total. The molecule has 3 amide bonds. The van der Waals surface area contributed by atoms with Crippen LogP contribution in [0.2, 0.25) is 0 Å². The van der Waals surface area contributed by atoms with Crippen molar-refractivity contribution in [2.45, 2.75) is 101 Å². The van der Waals surface area contributed by atoms with Crippen molar-refractivity contribution in [3.05, 3.63) is 54.1 Å². The van der Waals surface area contributed by atoms with Gasteiger partial charge in [0.15, 0.2) is 0 Å². The molecule has 0 heterocycles. The number of carbonyl (C=O) groups excluding carboxylic acids is 2. The number of benzene rings is 2. The fourth-order valence-electron chi connectivity index (χ4n) is 5.59. The van der Waals surface area contributed by atoms with E-state index >= 15 is 0 Å². The molecular formula is C30H42N4O4S. The first-order valence-electron chi connectivity index (χ1n) is 14.4. The highest BCUT2D eigenvalue weighted by atomic mass is 32.2. The van der Waals surface area contributed by atoms with E-state index in [1.165, 1.54) is 32.1 Å². The maximum absolute atomic E-state index is 13.3. The molecule has 0 radical (unpaired) electrons. The fraction of sp³-hybridized carbons (Fsp3) is 0.533. The van der Waals surface area contributed by atoms with E-state index in [2.05, 4.69) is 20.7 Å². The van der Waals surface area contributed by atoms with Gasteiger partial charge in [0.2, 0.25) is 5.91 Å². The third kappa shape index (κ3) is 8.98. The third-order valence-electron chi connectivity index (χ3n) is 7.84. The SMILES string of the molecule is Cc1ccc(S(=O)(=O)Nc2ccc(NC(=O)N[C@H](CC3CCCCC3)C(=O)NC3CCCCCC3)cc2)cc1. The summed E-state index contributed by atoms with van der Waals surface area (Å²) < 4.78 is 27.9. The lowest BCUT2D eigenvalue weighted by Crippen LogP contribution is -2.51. The summed E-state index contributed by atoms with van der Waals surface area (Å²) in [5, 5.41) is 8.94. The molecule has 212 valence electrons. The summed E-state index contributed by atoms with van der Waals surface area (Å²) in [6.45, 7) is 1.90. The number of rotatable bonds is 9. The lowest BCUT2D eigenvalue weighted by atomic mass is 9.84. The normalized spacial score (nSPS) is 18.0. The number of nitrogens with one attached hydrogen (secondary N) is 4. The van der Waals surface area contributed by atoms with E-state index in [0.717, 1.165) is 44.1 Å². The summed E-state index contributed by atoms with van der Waals surface area (Å²) >= 11 is 0. The van der Waals surface area contributed by atoms with Crippen LogP contribution in [0.15, 0.2) is 53.4 Å². The molecule has 2 aromatic carbocycles. The molecule has 0 saturated heterocycles. The first kappa shape index (κ1) is 28.9. The summed E-state index contributed by atoms with van der Waals surface area (Å²) in [7, 11) is -3.71. The lowest BCUT2D eigenvalue weighted by Gasteiger charge is -2.28. The zero-order valence-electron chi connectivity index (χ0n) is 22.9. The molecule has 0 aromatic heterocycles. The Morgan fingerprint density at radius 3 is 2.00 bits per heavy atom. The number of aryl methyl sites for hydroxylation is 1. The van der Waals surface area contributed by atoms with E-state index in [4.69, 9.17) is 0 Å². The van der Waals surface area contributed by atoms with Gasteiger partial charge in [0.05, 0.1) is 4.90 Å². The Labute approximate surface area is 232 Å². The number of urea groups is 1. The summed E-state index contributed by atoms with van der Waals surface area (Å²) in [6, 6.07) is 12.2. The van der Waals surface area contributed by atoms with Gasteiger partial charge in [-0.2, -0.15) is 0 Å². The Morgan fingerprint density at radius 1 is 0.795 bits per heavy atom. The van der Waals surface area contributed by atoms with Crippen molar-refractivity contribution in [1.29, 1.82) is 0 Å². The monoisotopic (exact) mass is 554 g/mol. The minimum Gasteiger partial charge on any atom is -0.352 e. The average molecular weight is 555 g/mol.